The van der Waals surface area contributed by atoms with Gasteiger partial charge in [-0.3, -0.25) is 4.79 Å². The molecule has 0 bridgehead atoms. The fourth-order valence-corrected chi connectivity index (χ4v) is 3.27. The molecule has 5 nitrogen and oxygen atoms in total. The van der Waals surface area contributed by atoms with E-state index in [1.54, 1.807) is 4.90 Å². The summed E-state index contributed by atoms with van der Waals surface area (Å²) >= 11 is 0. The molecule has 2 rings (SSSR count). The maximum atomic E-state index is 12.1. The third kappa shape index (κ3) is 3.12. The molecule has 6 heteroatoms. The highest BCUT2D eigenvalue weighted by Crippen LogP contribution is 2.14. The number of carbonyl (C=O) groups is 1. The summed E-state index contributed by atoms with van der Waals surface area (Å²) < 4.78 is 24.1. The van der Waals surface area contributed by atoms with E-state index in [4.69, 9.17) is 5.26 Å². The van der Waals surface area contributed by atoms with E-state index < -0.39 is 9.84 Å². The van der Waals surface area contributed by atoms with E-state index in [-0.39, 0.29) is 23.1 Å². The summed E-state index contributed by atoms with van der Waals surface area (Å²) in [7, 11) is -3.40. The second kappa shape index (κ2) is 5.41. The molecule has 1 fully saturated rings. The molecule has 1 amide bonds. The molecule has 1 saturated heterocycles. The first-order chi connectivity index (χ1) is 9.03. The molecule has 1 aliphatic rings. The van der Waals surface area contributed by atoms with Crippen molar-refractivity contribution in [2.24, 2.45) is 0 Å². The highest BCUT2D eigenvalue weighted by molar-refractivity contribution is 7.91. The van der Waals surface area contributed by atoms with Gasteiger partial charge < -0.3 is 4.90 Å². The molecule has 1 aromatic carbocycles. The first-order valence-corrected chi connectivity index (χ1v) is 7.69. The third-order valence-electron chi connectivity index (χ3n) is 3.14. The van der Waals surface area contributed by atoms with Gasteiger partial charge in [0.05, 0.1) is 22.3 Å². The van der Waals surface area contributed by atoms with Crippen LogP contribution in [-0.2, 0) is 14.6 Å². The van der Waals surface area contributed by atoms with Crippen molar-refractivity contribution in [2.75, 3.05) is 18.8 Å². The molecule has 0 spiro atoms. The Labute approximate surface area is 112 Å². The standard InChI is InChI=1S/C13H14N2O3S/c14-10-11-3-5-12(6-4-11)19(17,18)9-8-15-7-1-2-13(15)16/h3-6H,1-2,7-9H2. The van der Waals surface area contributed by atoms with Gasteiger partial charge in [-0.05, 0) is 30.7 Å². The van der Waals surface area contributed by atoms with Crippen molar-refractivity contribution < 1.29 is 13.2 Å². The Bertz CT molecular complexity index is 614. The number of nitrogens with zero attached hydrogens (tertiary/aromatic N) is 2. The van der Waals surface area contributed by atoms with Crippen LogP contribution in [0.15, 0.2) is 29.2 Å². The predicted octanol–water partition coefficient (Wildman–Crippen LogP) is 0.954. The van der Waals surface area contributed by atoms with Gasteiger partial charge in [0.2, 0.25) is 5.91 Å². The minimum absolute atomic E-state index is 0.0232. The Kier molecular flexibility index (Phi) is 3.86. The molecule has 0 aromatic heterocycles. The van der Waals surface area contributed by atoms with Crippen LogP contribution in [0.5, 0.6) is 0 Å². The van der Waals surface area contributed by atoms with Gasteiger partial charge in [0.15, 0.2) is 9.84 Å². The topological polar surface area (TPSA) is 78.2 Å². The predicted molar refractivity (Wildman–Crippen MR) is 69.0 cm³/mol. The van der Waals surface area contributed by atoms with Crippen LogP contribution in [0.3, 0.4) is 0 Å². The van der Waals surface area contributed by atoms with Crippen LogP contribution >= 0.6 is 0 Å². The van der Waals surface area contributed by atoms with Gasteiger partial charge >= 0.3 is 0 Å². The number of nitriles is 1. The van der Waals surface area contributed by atoms with Gasteiger partial charge in [0.1, 0.15) is 0 Å². The number of carbonyl (C=O) groups excluding carboxylic acids is 1. The average Bonchev–Trinajstić information content (AvgIpc) is 2.82. The zero-order valence-corrected chi connectivity index (χ0v) is 11.2. The Morgan fingerprint density at radius 2 is 1.95 bits per heavy atom. The van der Waals surface area contributed by atoms with E-state index in [0.717, 1.165) is 6.42 Å². The summed E-state index contributed by atoms with van der Waals surface area (Å²) in [5.41, 5.74) is 0.425. The molecule has 0 radical (unpaired) electrons. The smallest absolute Gasteiger partial charge is 0.222 e. The number of benzene rings is 1. The molecule has 19 heavy (non-hydrogen) atoms. The van der Waals surface area contributed by atoms with Crippen molar-refractivity contribution in [1.29, 1.82) is 5.26 Å². The zero-order valence-electron chi connectivity index (χ0n) is 10.4. The van der Waals surface area contributed by atoms with E-state index in [2.05, 4.69) is 0 Å². The van der Waals surface area contributed by atoms with Crippen molar-refractivity contribution in [3.05, 3.63) is 29.8 Å². The minimum atomic E-state index is -3.40. The summed E-state index contributed by atoms with van der Waals surface area (Å²) in [6.07, 6.45) is 1.31. The lowest BCUT2D eigenvalue weighted by Gasteiger charge is -2.15. The Hall–Kier alpha value is -1.87. The van der Waals surface area contributed by atoms with E-state index >= 15 is 0 Å². The highest BCUT2D eigenvalue weighted by Gasteiger charge is 2.23. The van der Waals surface area contributed by atoms with Crippen molar-refractivity contribution in [1.82, 2.24) is 4.90 Å². The van der Waals surface area contributed by atoms with Crippen molar-refractivity contribution in [3.8, 4) is 6.07 Å². The lowest BCUT2D eigenvalue weighted by Crippen LogP contribution is -2.30. The molecule has 1 aromatic rings. The van der Waals surface area contributed by atoms with E-state index in [0.29, 0.717) is 18.5 Å². The summed E-state index contributed by atoms with van der Waals surface area (Å²) in [6, 6.07) is 7.76. The lowest BCUT2D eigenvalue weighted by atomic mass is 10.2. The Balaban J connectivity index is 2.05. The quantitative estimate of drug-likeness (QED) is 0.821. The number of likely N-dealkylation sites (tertiary alicyclic amines) is 1. The van der Waals surface area contributed by atoms with Gasteiger partial charge in [-0.1, -0.05) is 0 Å². The monoisotopic (exact) mass is 278 g/mol. The molecular formula is C13H14N2O3S. The van der Waals surface area contributed by atoms with Gasteiger partial charge in [0, 0.05) is 19.5 Å². The number of amides is 1. The molecular weight excluding hydrogens is 264 g/mol. The van der Waals surface area contributed by atoms with Crippen molar-refractivity contribution in [3.63, 3.8) is 0 Å². The molecule has 0 aliphatic carbocycles. The van der Waals surface area contributed by atoms with E-state index in [9.17, 15) is 13.2 Å². The first-order valence-electron chi connectivity index (χ1n) is 6.03. The van der Waals surface area contributed by atoms with Crippen LogP contribution in [0.2, 0.25) is 0 Å². The molecule has 1 heterocycles. The number of rotatable bonds is 4. The van der Waals surface area contributed by atoms with Crippen LogP contribution in [0.25, 0.3) is 0 Å². The van der Waals surface area contributed by atoms with Crippen molar-refractivity contribution >= 4 is 15.7 Å². The fraction of sp³-hybridized carbons (Fsp3) is 0.385. The molecule has 0 unspecified atom stereocenters. The maximum Gasteiger partial charge on any atom is 0.222 e. The van der Waals surface area contributed by atoms with Crippen LogP contribution in [-0.4, -0.2) is 38.1 Å². The molecule has 100 valence electrons. The zero-order chi connectivity index (χ0) is 13.9. The average molecular weight is 278 g/mol. The molecule has 1 aliphatic heterocycles. The summed E-state index contributed by atoms with van der Waals surface area (Å²) in [5.74, 6) is -0.0556. The molecule has 0 atom stereocenters. The number of hydrogen-bond acceptors (Lipinski definition) is 4. The maximum absolute atomic E-state index is 12.1. The molecule has 0 N–H and O–H groups in total. The summed E-state index contributed by atoms with van der Waals surface area (Å²) in [5, 5.41) is 8.66. The largest absolute Gasteiger partial charge is 0.342 e. The first kappa shape index (κ1) is 13.6. The molecule has 0 saturated carbocycles. The third-order valence-corrected chi connectivity index (χ3v) is 4.85. The SMILES string of the molecule is N#Cc1ccc(S(=O)(=O)CCN2CCCC2=O)cc1. The van der Waals surface area contributed by atoms with Crippen molar-refractivity contribution in [2.45, 2.75) is 17.7 Å². The number of sulfone groups is 1. The van der Waals surface area contributed by atoms with E-state index in [1.807, 2.05) is 6.07 Å². The highest BCUT2D eigenvalue weighted by atomic mass is 32.2. The number of hydrogen-bond donors (Lipinski definition) is 0. The van der Waals surface area contributed by atoms with Gasteiger partial charge in [-0.15, -0.1) is 0 Å². The van der Waals surface area contributed by atoms with Crippen LogP contribution in [0, 0.1) is 11.3 Å². The van der Waals surface area contributed by atoms with Crippen LogP contribution in [0.4, 0.5) is 0 Å². The Morgan fingerprint density at radius 3 is 2.47 bits per heavy atom. The van der Waals surface area contributed by atoms with E-state index in [1.165, 1.54) is 24.3 Å². The fourth-order valence-electron chi connectivity index (χ4n) is 2.03. The van der Waals surface area contributed by atoms with Gasteiger partial charge in [-0.25, -0.2) is 8.42 Å². The second-order valence-electron chi connectivity index (χ2n) is 4.44. The Morgan fingerprint density at radius 1 is 1.26 bits per heavy atom. The normalized spacial score (nSPS) is 15.5. The van der Waals surface area contributed by atoms with Crippen LogP contribution < -0.4 is 0 Å². The lowest BCUT2D eigenvalue weighted by molar-refractivity contribution is -0.127. The van der Waals surface area contributed by atoms with Crippen LogP contribution in [0.1, 0.15) is 18.4 Å². The van der Waals surface area contributed by atoms with Gasteiger partial charge in [-0.2, -0.15) is 5.26 Å². The summed E-state index contributed by atoms with van der Waals surface area (Å²) in [6.45, 7) is 0.878. The minimum Gasteiger partial charge on any atom is -0.342 e. The second-order valence-corrected chi connectivity index (χ2v) is 6.55. The van der Waals surface area contributed by atoms with Gasteiger partial charge in [0.25, 0.3) is 0 Å². The summed E-state index contributed by atoms with van der Waals surface area (Å²) in [4.78, 5) is 13.2.